The van der Waals surface area contributed by atoms with Crippen LogP contribution in [0.5, 0.6) is 0 Å². The maximum atomic E-state index is 6.03. The average Bonchev–Trinajstić information content (AvgIpc) is 1.94. The maximum Gasteiger partial charge on any atom is 0.0760 e. The number of hydrogen-bond acceptors (Lipinski definition) is 2. The summed E-state index contributed by atoms with van der Waals surface area (Å²) in [6.07, 6.45) is 2.57. The highest BCUT2D eigenvalue weighted by molar-refractivity contribution is 4.88. The molecule has 0 saturated carbocycles. The lowest BCUT2D eigenvalue weighted by molar-refractivity contribution is -0.180. The quantitative estimate of drug-likeness (QED) is 0.693. The van der Waals surface area contributed by atoms with Gasteiger partial charge in [0.1, 0.15) is 0 Å². The molecular formula is C12H25NO. The topological polar surface area (TPSA) is 12.5 Å². The van der Waals surface area contributed by atoms with Gasteiger partial charge in [-0.05, 0) is 40.7 Å². The first kappa shape index (κ1) is 12.0. The largest absolute Gasteiger partial charge is 0.367 e. The molecule has 0 amide bonds. The number of ether oxygens (including phenoxy) is 1. The standard InChI is InChI=1S/C12H25NO/c1-6-7-8-13-9-11(2,3)14-12(4,5)10-13/h6-10H2,1-5H3. The molecule has 1 saturated heterocycles. The molecular weight excluding hydrogens is 174 g/mol. The molecule has 2 nitrogen and oxygen atoms in total. The zero-order valence-corrected chi connectivity index (χ0v) is 10.4. The molecule has 1 rings (SSSR count). The van der Waals surface area contributed by atoms with Gasteiger partial charge in [-0.15, -0.1) is 0 Å². The van der Waals surface area contributed by atoms with Gasteiger partial charge in [0, 0.05) is 13.1 Å². The van der Waals surface area contributed by atoms with E-state index in [0.29, 0.717) is 0 Å². The summed E-state index contributed by atoms with van der Waals surface area (Å²) in [5.74, 6) is 0. The van der Waals surface area contributed by atoms with Crippen molar-refractivity contribution in [3.05, 3.63) is 0 Å². The van der Waals surface area contributed by atoms with Crippen LogP contribution in [-0.2, 0) is 4.74 Å². The van der Waals surface area contributed by atoms with Crippen molar-refractivity contribution in [1.82, 2.24) is 4.90 Å². The van der Waals surface area contributed by atoms with Gasteiger partial charge in [0.15, 0.2) is 0 Å². The molecule has 0 aromatic rings. The second kappa shape index (κ2) is 4.19. The van der Waals surface area contributed by atoms with Gasteiger partial charge >= 0.3 is 0 Å². The smallest absolute Gasteiger partial charge is 0.0760 e. The SMILES string of the molecule is CCCCN1CC(C)(C)OC(C)(C)C1. The van der Waals surface area contributed by atoms with E-state index in [1.807, 2.05) is 0 Å². The van der Waals surface area contributed by atoms with E-state index in [-0.39, 0.29) is 11.2 Å². The maximum absolute atomic E-state index is 6.03. The molecule has 1 aliphatic heterocycles. The summed E-state index contributed by atoms with van der Waals surface area (Å²) in [6.45, 7) is 14.3. The molecule has 1 fully saturated rings. The summed E-state index contributed by atoms with van der Waals surface area (Å²) < 4.78 is 6.03. The first-order chi connectivity index (χ1) is 6.35. The fourth-order valence-electron chi connectivity index (χ4n) is 2.49. The third-order valence-corrected chi connectivity index (χ3v) is 2.59. The summed E-state index contributed by atoms with van der Waals surface area (Å²) >= 11 is 0. The highest BCUT2D eigenvalue weighted by atomic mass is 16.5. The molecule has 0 aromatic heterocycles. The summed E-state index contributed by atoms with van der Waals surface area (Å²) in [5, 5.41) is 0. The second-order valence-corrected chi connectivity index (χ2v) is 5.69. The van der Waals surface area contributed by atoms with Gasteiger partial charge in [-0.3, -0.25) is 4.90 Å². The Bertz CT molecular complexity index is 171. The molecule has 0 spiro atoms. The Morgan fingerprint density at radius 2 is 1.57 bits per heavy atom. The first-order valence-corrected chi connectivity index (χ1v) is 5.77. The minimum atomic E-state index is 0.00942. The predicted octanol–water partition coefficient (Wildman–Crippen LogP) is 2.68. The lowest BCUT2D eigenvalue weighted by Crippen LogP contribution is -2.57. The van der Waals surface area contributed by atoms with Crippen LogP contribution >= 0.6 is 0 Å². The number of hydrogen-bond donors (Lipinski definition) is 0. The fourth-order valence-corrected chi connectivity index (χ4v) is 2.49. The second-order valence-electron chi connectivity index (χ2n) is 5.69. The van der Waals surface area contributed by atoms with E-state index >= 15 is 0 Å². The Morgan fingerprint density at radius 3 is 2.00 bits per heavy atom. The third-order valence-electron chi connectivity index (χ3n) is 2.59. The van der Waals surface area contributed by atoms with E-state index in [2.05, 4.69) is 39.5 Å². The van der Waals surface area contributed by atoms with Gasteiger partial charge < -0.3 is 4.74 Å². The van der Waals surface area contributed by atoms with Crippen LogP contribution in [0.4, 0.5) is 0 Å². The Labute approximate surface area is 88.6 Å². The van der Waals surface area contributed by atoms with Crippen LogP contribution in [0.2, 0.25) is 0 Å². The van der Waals surface area contributed by atoms with Crippen LogP contribution in [0.3, 0.4) is 0 Å². The highest BCUT2D eigenvalue weighted by Gasteiger charge is 2.37. The van der Waals surface area contributed by atoms with Gasteiger partial charge in [0.25, 0.3) is 0 Å². The molecule has 0 aromatic carbocycles. The van der Waals surface area contributed by atoms with Crippen LogP contribution in [-0.4, -0.2) is 35.7 Å². The minimum absolute atomic E-state index is 0.00942. The van der Waals surface area contributed by atoms with Crippen LogP contribution in [0.25, 0.3) is 0 Å². The molecule has 0 bridgehead atoms. The Balaban J connectivity index is 2.53. The molecule has 84 valence electrons. The van der Waals surface area contributed by atoms with Gasteiger partial charge in [-0.2, -0.15) is 0 Å². The number of nitrogens with zero attached hydrogens (tertiary/aromatic N) is 1. The van der Waals surface area contributed by atoms with Crippen LogP contribution in [0, 0.1) is 0 Å². The van der Waals surface area contributed by atoms with Crippen molar-refractivity contribution in [3.63, 3.8) is 0 Å². The molecule has 2 heteroatoms. The molecule has 0 aliphatic carbocycles. The first-order valence-electron chi connectivity index (χ1n) is 5.77. The zero-order valence-electron chi connectivity index (χ0n) is 10.4. The molecule has 0 atom stereocenters. The lowest BCUT2D eigenvalue weighted by atomic mass is 9.99. The molecule has 0 radical (unpaired) electrons. The van der Waals surface area contributed by atoms with E-state index in [9.17, 15) is 0 Å². The van der Waals surface area contributed by atoms with Gasteiger partial charge in [-0.25, -0.2) is 0 Å². The van der Waals surface area contributed by atoms with E-state index < -0.39 is 0 Å². The van der Waals surface area contributed by atoms with Crippen molar-refractivity contribution in [1.29, 1.82) is 0 Å². The zero-order chi connectivity index (χ0) is 10.8. The summed E-state index contributed by atoms with van der Waals surface area (Å²) in [7, 11) is 0. The molecule has 14 heavy (non-hydrogen) atoms. The van der Waals surface area contributed by atoms with Crippen molar-refractivity contribution < 1.29 is 4.74 Å². The Kier molecular flexibility index (Phi) is 3.59. The predicted molar refractivity (Wildman–Crippen MR) is 60.6 cm³/mol. The lowest BCUT2D eigenvalue weighted by Gasteiger charge is -2.47. The van der Waals surface area contributed by atoms with Gasteiger partial charge in [-0.1, -0.05) is 13.3 Å². The van der Waals surface area contributed by atoms with E-state index in [1.165, 1.54) is 19.4 Å². The Hall–Kier alpha value is -0.0800. The van der Waals surface area contributed by atoms with Crippen molar-refractivity contribution in [2.45, 2.75) is 58.7 Å². The van der Waals surface area contributed by atoms with Crippen molar-refractivity contribution >= 4 is 0 Å². The average molecular weight is 199 g/mol. The fraction of sp³-hybridized carbons (Fsp3) is 1.00. The van der Waals surface area contributed by atoms with Crippen LogP contribution in [0.15, 0.2) is 0 Å². The van der Waals surface area contributed by atoms with Crippen molar-refractivity contribution in [2.75, 3.05) is 19.6 Å². The third kappa shape index (κ3) is 3.58. The number of rotatable bonds is 3. The van der Waals surface area contributed by atoms with Gasteiger partial charge in [0.2, 0.25) is 0 Å². The highest BCUT2D eigenvalue weighted by Crippen LogP contribution is 2.27. The van der Waals surface area contributed by atoms with Crippen molar-refractivity contribution in [2.24, 2.45) is 0 Å². The van der Waals surface area contributed by atoms with E-state index in [0.717, 1.165) is 13.1 Å². The van der Waals surface area contributed by atoms with E-state index in [4.69, 9.17) is 4.74 Å². The molecule has 1 heterocycles. The van der Waals surface area contributed by atoms with Crippen LogP contribution < -0.4 is 0 Å². The number of morpholine rings is 1. The molecule has 0 N–H and O–H groups in total. The summed E-state index contributed by atoms with van der Waals surface area (Å²) in [4.78, 5) is 2.53. The monoisotopic (exact) mass is 199 g/mol. The molecule has 1 aliphatic rings. The normalized spacial score (nSPS) is 26.4. The summed E-state index contributed by atoms with van der Waals surface area (Å²) in [5.41, 5.74) is 0.0188. The minimum Gasteiger partial charge on any atom is -0.367 e. The molecule has 0 unspecified atom stereocenters. The van der Waals surface area contributed by atoms with Crippen molar-refractivity contribution in [3.8, 4) is 0 Å². The van der Waals surface area contributed by atoms with Crippen LogP contribution in [0.1, 0.15) is 47.5 Å². The van der Waals surface area contributed by atoms with E-state index in [1.54, 1.807) is 0 Å². The Morgan fingerprint density at radius 1 is 1.07 bits per heavy atom. The number of unbranched alkanes of at least 4 members (excludes halogenated alkanes) is 1. The summed E-state index contributed by atoms with van der Waals surface area (Å²) in [6, 6.07) is 0. The van der Waals surface area contributed by atoms with Gasteiger partial charge in [0.05, 0.1) is 11.2 Å².